The summed E-state index contributed by atoms with van der Waals surface area (Å²) >= 11 is 0. The zero-order valence-corrected chi connectivity index (χ0v) is 16.0. The van der Waals surface area contributed by atoms with Crippen molar-refractivity contribution in [2.75, 3.05) is 13.2 Å². The number of amides is 1. The molecule has 1 saturated heterocycles. The number of rotatable bonds is 6. The summed E-state index contributed by atoms with van der Waals surface area (Å²) < 4.78 is 34.1. The van der Waals surface area contributed by atoms with Crippen LogP contribution in [-0.2, 0) is 14.8 Å². The molecule has 0 bridgehead atoms. The molecule has 1 aliphatic heterocycles. The summed E-state index contributed by atoms with van der Waals surface area (Å²) in [7, 11) is -3.84. The Morgan fingerprint density at radius 3 is 2.50 bits per heavy atom. The Morgan fingerprint density at radius 1 is 1.19 bits per heavy atom. The summed E-state index contributed by atoms with van der Waals surface area (Å²) in [5.74, 6) is 0.476. The molecule has 2 aromatic rings. The van der Waals surface area contributed by atoms with Crippen LogP contribution in [0.25, 0.3) is 10.8 Å². The first kappa shape index (κ1) is 18.7. The maximum absolute atomic E-state index is 13.0. The lowest BCUT2D eigenvalue weighted by atomic mass is 10.1. The molecule has 7 heteroatoms. The van der Waals surface area contributed by atoms with Crippen LogP contribution in [0.4, 0.5) is 0 Å². The van der Waals surface area contributed by atoms with Gasteiger partial charge in [0.05, 0.1) is 11.5 Å². The third-order valence-corrected chi connectivity index (χ3v) is 6.12. The second kappa shape index (κ2) is 7.25. The van der Waals surface area contributed by atoms with Crippen molar-refractivity contribution < 1.29 is 17.9 Å². The predicted molar refractivity (Wildman–Crippen MR) is 101 cm³/mol. The number of hydrogen-bond donors (Lipinski definition) is 1. The van der Waals surface area contributed by atoms with Gasteiger partial charge in [-0.3, -0.25) is 4.79 Å². The molecule has 1 N–H and O–H groups in total. The number of hydrogen-bond acceptors (Lipinski definition) is 4. The van der Waals surface area contributed by atoms with Crippen LogP contribution in [0.15, 0.2) is 41.3 Å². The third kappa shape index (κ3) is 3.41. The van der Waals surface area contributed by atoms with E-state index in [4.69, 9.17) is 4.74 Å². The van der Waals surface area contributed by atoms with Gasteiger partial charge in [-0.05, 0) is 39.3 Å². The van der Waals surface area contributed by atoms with Crippen LogP contribution in [0.1, 0.15) is 27.2 Å². The Balaban J connectivity index is 1.96. The van der Waals surface area contributed by atoms with Gasteiger partial charge in [-0.2, -0.15) is 4.72 Å². The average molecular weight is 376 g/mol. The summed E-state index contributed by atoms with van der Waals surface area (Å²) in [6.45, 7) is 6.79. The van der Waals surface area contributed by atoms with Crippen LogP contribution in [-0.4, -0.2) is 44.5 Å². The summed E-state index contributed by atoms with van der Waals surface area (Å²) in [4.78, 5) is 14.3. The lowest BCUT2D eigenvalue weighted by Crippen LogP contribution is -2.43. The minimum atomic E-state index is -3.84. The molecule has 0 spiro atoms. The van der Waals surface area contributed by atoms with Crippen molar-refractivity contribution in [2.24, 2.45) is 0 Å². The largest absolute Gasteiger partial charge is 0.493 e. The smallest absolute Gasteiger partial charge is 0.241 e. The van der Waals surface area contributed by atoms with Crippen molar-refractivity contribution in [3.8, 4) is 5.75 Å². The van der Waals surface area contributed by atoms with Gasteiger partial charge < -0.3 is 9.64 Å². The van der Waals surface area contributed by atoms with Gasteiger partial charge in [-0.1, -0.05) is 24.3 Å². The molecule has 1 atom stereocenters. The minimum Gasteiger partial charge on any atom is -0.493 e. The normalized spacial score (nSPS) is 18.1. The van der Waals surface area contributed by atoms with Crippen molar-refractivity contribution in [1.82, 2.24) is 9.62 Å². The molecule has 2 aromatic carbocycles. The van der Waals surface area contributed by atoms with E-state index >= 15 is 0 Å². The second-order valence-electron chi connectivity index (χ2n) is 6.63. The van der Waals surface area contributed by atoms with Gasteiger partial charge in [0, 0.05) is 23.4 Å². The molecule has 1 unspecified atom stereocenters. The van der Waals surface area contributed by atoms with Crippen LogP contribution >= 0.6 is 0 Å². The first-order chi connectivity index (χ1) is 12.3. The third-order valence-electron chi connectivity index (χ3n) is 4.59. The molecule has 6 nitrogen and oxygen atoms in total. The van der Waals surface area contributed by atoms with Crippen molar-refractivity contribution in [3.05, 3.63) is 36.4 Å². The number of nitrogens with zero attached hydrogens (tertiary/aromatic N) is 1. The monoisotopic (exact) mass is 376 g/mol. The number of ether oxygens (including phenoxy) is 1. The van der Waals surface area contributed by atoms with Crippen LogP contribution in [0, 0.1) is 0 Å². The van der Waals surface area contributed by atoms with Crippen LogP contribution < -0.4 is 9.46 Å². The molecule has 26 heavy (non-hydrogen) atoms. The van der Waals surface area contributed by atoms with E-state index < -0.39 is 16.1 Å². The van der Waals surface area contributed by atoms with Crippen molar-refractivity contribution >= 4 is 26.7 Å². The van der Waals surface area contributed by atoms with Crippen LogP contribution in [0.5, 0.6) is 5.75 Å². The Labute approximate surface area is 154 Å². The van der Waals surface area contributed by atoms with E-state index in [-0.39, 0.29) is 16.8 Å². The van der Waals surface area contributed by atoms with Gasteiger partial charge in [0.2, 0.25) is 15.9 Å². The molecule has 0 radical (unpaired) electrons. The lowest BCUT2D eigenvalue weighted by Gasteiger charge is -2.21. The zero-order valence-electron chi connectivity index (χ0n) is 15.2. The summed E-state index contributed by atoms with van der Waals surface area (Å²) in [6, 6.07) is 9.76. The quantitative estimate of drug-likeness (QED) is 0.841. The number of nitrogens with one attached hydrogen (secondary N) is 1. The van der Waals surface area contributed by atoms with E-state index in [1.807, 2.05) is 32.9 Å². The maximum Gasteiger partial charge on any atom is 0.241 e. The molecular formula is C19H24N2O4S. The molecule has 1 heterocycles. The van der Waals surface area contributed by atoms with E-state index in [0.29, 0.717) is 30.7 Å². The first-order valence-corrected chi connectivity index (χ1v) is 10.3. The molecule has 1 amide bonds. The van der Waals surface area contributed by atoms with Crippen molar-refractivity contribution in [2.45, 2.75) is 44.2 Å². The molecular weight excluding hydrogens is 352 g/mol. The fraction of sp³-hybridized carbons (Fsp3) is 0.421. The Kier molecular flexibility index (Phi) is 5.20. The number of carbonyl (C=O) groups is 1. The fourth-order valence-corrected chi connectivity index (χ4v) is 4.77. The molecule has 1 fully saturated rings. The molecule has 0 saturated carbocycles. The van der Waals surface area contributed by atoms with E-state index in [0.717, 1.165) is 5.39 Å². The number of sulfonamides is 1. The molecule has 1 aliphatic rings. The SMILES string of the molecule is CCOc1ccc(S(=O)(=O)NC2CCN(C(C)C)C2=O)c2ccccc12. The summed E-state index contributed by atoms with van der Waals surface area (Å²) in [5.41, 5.74) is 0. The molecule has 0 aliphatic carbocycles. The highest BCUT2D eigenvalue weighted by Crippen LogP contribution is 2.31. The van der Waals surface area contributed by atoms with Gasteiger partial charge in [-0.25, -0.2) is 8.42 Å². The van der Waals surface area contributed by atoms with E-state index in [1.54, 1.807) is 23.1 Å². The minimum absolute atomic E-state index is 0.0586. The highest BCUT2D eigenvalue weighted by Gasteiger charge is 2.36. The van der Waals surface area contributed by atoms with Crippen molar-refractivity contribution in [1.29, 1.82) is 0 Å². The van der Waals surface area contributed by atoms with Gasteiger partial charge in [0.15, 0.2) is 0 Å². The maximum atomic E-state index is 13.0. The lowest BCUT2D eigenvalue weighted by molar-refractivity contribution is -0.130. The Bertz CT molecular complexity index is 924. The summed E-state index contributed by atoms with van der Waals surface area (Å²) in [5, 5.41) is 1.32. The zero-order chi connectivity index (χ0) is 18.9. The van der Waals surface area contributed by atoms with E-state index in [2.05, 4.69) is 4.72 Å². The number of benzene rings is 2. The average Bonchev–Trinajstić information content (AvgIpc) is 2.95. The van der Waals surface area contributed by atoms with Gasteiger partial charge >= 0.3 is 0 Å². The van der Waals surface area contributed by atoms with Gasteiger partial charge in [0.25, 0.3) is 0 Å². The summed E-state index contributed by atoms with van der Waals surface area (Å²) in [6.07, 6.45) is 0.477. The fourth-order valence-electron chi connectivity index (χ4n) is 3.33. The van der Waals surface area contributed by atoms with Gasteiger partial charge in [0.1, 0.15) is 11.8 Å². The Hall–Kier alpha value is -2.12. The first-order valence-electron chi connectivity index (χ1n) is 8.82. The second-order valence-corrected chi connectivity index (χ2v) is 8.31. The van der Waals surface area contributed by atoms with Crippen LogP contribution in [0.2, 0.25) is 0 Å². The van der Waals surface area contributed by atoms with Crippen LogP contribution in [0.3, 0.4) is 0 Å². The molecule has 140 valence electrons. The highest BCUT2D eigenvalue weighted by atomic mass is 32.2. The number of fused-ring (bicyclic) bond motifs is 1. The van der Waals surface area contributed by atoms with Gasteiger partial charge in [-0.15, -0.1) is 0 Å². The molecule has 3 rings (SSSR count). The standard InChI is InChI=1S/C19H24N2O4S/c1-4-25-17-9-10-18(15-8-6-5-7-14(15)17)26(23,24)20-16-11-12-21(13(2)3)19(16)22/h5-10,13,16,20H,4,11-12H2,1-3H3. The topological polar surface area (TPSA) is 75.7 Å². The number of carbonyl (C=O) groups excluding carboxylic acids is 1. The van der Waals surface area contributed by atoms with Crippen molar-refractivity contribution in [3.63, 3.8) is 0 Å². The highest BCUT2D eigenvalue weighted by molar-refractivity contribution is 7.89. The van der Waals surface area contributed by atoms with E-state index in [9.17, 15) is 13.2 Å². The van der Waals surface area contributed by atoms with E-state index in [1.165, 1.54) is 6.07 Å². The Morgan fingerprint density at radius 2 is 1.88 bits per heavy atom. The number of likely N-dealkylation sites (tertiary alicyclic amines) is 1. The predicted octanol–water partition coefficient (Wildman–Crippen LogP) is 2.53. The molecule has 0 aromatic heterocycles.